The Kier molecular flexibility index (Phi) is 3.71. The van der Waals surface area contributed by atoms with Crippen LogP contribution in [0.5, 0.6) is 0 Å². The third kappa shape index (κ3) is 2.68. The fraction of sp³-hybridized carbons (Fsp3) is 0.667. The maximum absolute atomic E-state index is 12.0. The summed E-state index contributed by atoms with van der Waals surface area (Å²) in [5.41, 5.74) is 1.06. The highest BCUT2D eigenvalue weighted by atomic mass is 32.1. The minimum absolute atomic E-state index is 0.0678. The van der Waals surface area contributed by atoms with Gasteiger partial charge in [-0.15, -0.1) is 11.3 Å². The molecule has 0 saturated carbocycles. The van der Waals surface area contributed by atoms with Crippen molar-refractivity contribution in [3.63, 3.8) is 0 Å². The van der Waals surface area contributed by atoms with Gasteiger partial charge in [0, 0.05) is 4.88 Å². The van der Waals surface area contributed by atoms with Gasteiger partial charge in [0.1, 0.15) is 5.01 Å². The molecule has 1 aliphatic rings. The summed E-state index contributed by atoms with van der Waals surface area (Å²) < 4.78 is 0. The molecule has 0 radical (unpaired) electrons. The zero-order chi connectivity index (χ0) is 11.5. The Labute approximate surface area is 100 Å². The second kappa shape index (κ2) is 5.06. The summed E-state index contributed by atoms with van der Waals surface area (Å²) in [4.78, 5) is 17.6. The molecule has 1 aromatic rings. The Morgan fingerprint density at radius 1 is 1.50 bits per heavy atom. The van der Waals surface area contributed by atoms with Gasteiger partial charge in [0.15, 0.2) is 5.78 Å². The molecule has 2 rings (SSSR count). The van der Waals surface area contributed by atoms with Gasteiger partial charge in [-0.25, -0.2) is 4.98 Å². The molecule has 16 heavy (non-hydrogen) atoms. The number of aromatic nitrogens is 1. The van der Waals surface area contributed by atoms with Crippen LogP contribution in [0.3, 0.4) is 0 Å². The Morgan fingerprint density at radius 3 is 2.88 bits per heavy atom. The molecule has 0 aromatic carbocycles. The normalized spacial score (nSPS) is 21.0. The standard InChI is InChI=1S/C12H18N2OS/c1-8-9(2)16-12(14-8)7-11(15)10-5-3-4-6-13-10/h10,13H,3-7H2,1-2H3. The molecule has 3 nitrogen and oxygen atoms in total. The van der Waals surface area contributed by atoms with Crippen molar-refractivity contribution in [2.45, 2.75) is 45.6 Å². The summed E-state index contributed by atoms with van der Waals surface area (Å²) in [7, 11) is 0. The third-order valence-corrected chi connectivity index (χ3v) is 4.17. The van der Waals surface area contributed by atoms with Crippen molar-refractivity contribution in [3.8, 4) is 0 Å². The van der Waals surface area contributed by atoms with Crippen molar-refractivity contribution in [2.75, 3.05) is 6.54 Å². The van der Waals surface area contributed by atoms with E-state index in [9.17, 15) is 4.79 Å². The van der Waals surface area contributed by atoms with Gasteiger partial charge in [0.2, 0.25) is 0 Å². The number of nitrogens with one attached hydrogen (secondary N) is 1. The molecular weight excluding hydrogens is 220 g/mol. The summed E-state index contributed by atoms with van der Waals surface area (Å²) in [6.45, 7) is 5.03. The topological polar surface area (TPSA) is 42.0 Å². The molecule has 1 saturated heterocycles. The van der Waals surface area contributed by atoms with E-state index < -0.39 is 0 Å². The van der Waals surface area contributed by atoms with Crippen LogP contribution in [-0.4, -0.2) is 23.4 Å². The number of nitrogens with zero attached hydrogens (tertiary/aromatic N) is 1. The summed E-state index contributed by atoms with van der Waals surface area (Å²) in [5, 5.41) is 4.25. The lowest BCUT2D eigenvalue weighted by Crippen LogP contribution is -2.41. The molecule has 0 amide bonds. The number of piperidine rings is 1. The highest BCUT2D eigenvalue weighted by molar-refractivity contribution is 7.11. The van der Waals surface area contributed by atoms with Gasteiger partial charge in [-0.1, -0.05) is 6.42 Å². The Balaban J connectivity index is 1.95. The Hall–Kier alpha value is -0.740. The van der Waals surface area contributed by atoms with E-state index in [1.165, 1.54) is 17.7 Å². The van der Waals surface area contributed by atoms with Crippen LogP contribution in [-0.2, 0) is 11.2 Å². The van der Waals surface area contributed by atoms with E-state index in [2.05, 4.69) is 17.2 Å². The molecule has 1 aliphatic heterocycles. The van der Waals surface area contributed by atoms with Gasteiger partial charge in [-0.3, -0.25) is 4.79 Å². The van der Waals surface area contributed by atoms with Gasteiger partial charge in [-0.2, -0.15) is 0 Å². The van der Waals surface area contributed by atoms with Gasteiger partial charge in [-0.05, 0) is 33.2 Å². The fourth-order valence-electron chi connectivity index (χ4n) is 2.01. The van der Waals surface area contributed by atoms with Crippen LogP contribution in [0.1, 0.15) is 34.8 Å². The average molecular weight is 238 g/mol. The van der Waals surface area contributed by atoms with Crippen LogP contribution in [0.4, 0.5) is 0 Å². The van der Waals surface area contributed by atoms with E-state index >= 15 is 0 Å². The molecule has 1 fully saturated rings. The van der Waals surface area contributed by atoms with Gasteiger partial charge in [0.05, 0.1) is 18.2 Å². The number of hydrogen-bond donors (Lipinski definition) is 1. The van der Waals surface area contributed by atoms with Crippen molar-refractivity contribution >= 4 is 17.1 Å². The second-order valence-corrected chi connectivity index (χ2v) is 5.68. The van der Waals surface area contributed by atoms with Crippen LogP contribution in [0, 0.1) is 13.8 Å². The SMILES string of the molecule is Cc1nc(CC(=O)C2CCCCN2)sc1C. The summed E-state index contributed by atoms with van der Waals surface area (Å²) in [6.07, 6.45) is 3.85. The second-order valence-electron chi connectivity index (χ2n) is 4.39. The minimum Gasteiger partial charge on any atom is -0.307 e. The highest BCUT2D eigenvalue weighted by Gasteiger charge is 2.21. The first-order chi connectivity index (χ1) is 7.66. The molecule has 4 heteroatoms. The lowest BCUT2D eigenvalue weighted by Gasteiger charge is -2.21. The number of aryl methyl sites for hydroxylation is 2. The zero-order valence-electron chi connectivity index (χ0n) is 9.88. The monoisotopic (exact) mass is 238 g/mol. The predicted molar refractivity (Wildman–Crippen MR) is 65.9 cm³/mol. The quantitative estimate of drug-likeness (QED) is 0.876. The highest BCUT2D eigenvalue weighted by Crippen LogP contribution is 2.18. The first-order valence-corrected chi connectivity index (χ1v) is 6.67. The van der Waals surface area contributed by atoms with Crippen molar-refractivity contribution in [3.05, 3.63) is 15.6 Å². The molecule has 2 heterocycles. The van der Waals surface area contributed by atoms with E-state index in [1.54, 1.807) is 11.3 Å². The number of carbonyl (C=O) groups is 1. The largest absolute Gasteiger partial charge is 0.307 e. The third-order valence-electron chi connectivity index (χ3n) is 3.10. The molecule has 1 unspecified atom stereocenters. The number of carbonyl (C=O) groups excluding carboxylic acids is 1. The number of Topliss-reactive ketones (excluding diaryl/α,β-unsaturated/α-hetero) is 1. The first-order valence-electron chi connectivity index (χ1n) is 5.86. The number of rotatable bonds is 3. The van der Waals surface area contributed by atoms with E-state index in [4.69, 9.17) is 0 Å². The van der Waals surface area contributed by atoms with Crippen LogP contribution in [0.2, 0.25) is 0 Å². The number of ketones is 1. The molecule has 0 spiro atoms. The lowest BCUT2D eigenvalue weighted by atomic mass is 10.00. The van der Waals surface area contributed by atoms with Crippen molar-refractivity contribution < 1.29 is 4.79 Å². The van der Waals surface area contributed by atoms with E-state index in [0.29, 0.717) is 12.2 Å². The first kappa shape index (κ1) is 11.7. The Morgan fingerprint density at radius 2 is 2.31 bits per heavy atom. The Bertz CT molecular complexity index is 361. The van der Waals surface area contributed by atoms with E-state index in [0.717, 1.165) is 23.7 Å². The van der Waals surface area contributed by atoms with Crippen LogP contribution in [0.25, 0.3) is 0 Å². The van der Waals surface area contributed by atoms with Crippen LogP contribution >= 0.6 is 11.3 Å². The number of hydrogen-bond acceptors (Lipinski definition) is 4. The van der Waals surface area contributed by atoms with E-state index in [1.807, 2.05) is 6.92 Å². The van der Waals surface area contributed by atoms with Gasteiger partial charge >= 0.3 is 0 Å². The van der Waals surface area contributed by atoms with Gasteiger partial charge < -0.3 is 5.32 Å². The molecule has 88 valence electrons. The summed E-state index contributed by atoms with van der Waals surface area (Å²) >= 11 is 1.65. The molecule has 0 aliphatic carbocycles. The summed E-state index contributed by atoms with van der Waals surface area (Å²) in [6, 6.07) is 0.0678. The molecule has 1 atom stereocenters. The van der Waals surface area contributed by atoms with Gasteiger partial charge in [0.25, 0.3) is 0 Å². The van der Waals surface area contributed by atoms with Crippen molar-refractivity contribution in [2.24, 2.45) is 0 Å². The number of thiazole rings is 1. The van der Waals surface area contributed by atoms with E-state index in [-0.39, 0.29) is 6.04 Å². The maximum Gasteiger partial charge on any atom is 0.156 e. The maximum atomic E-state index is 12.0. The smallest absolute Gasteiger partial charge is 0.156 e. The van der Waals surface area contributed by atoms with Crippen molar-refractivity contribution in [1.29, 1.82) is 0 Å². The average Bonchev–Trinajstić information content (AvgIpc) is 2.59. The lowest BCUT2D eigenvalue weighted by molar-refractivity contribution is -0.120. The van der Waals surface area contributed by atoms with Crippen LogP contribution in [0.15, 0.2) is 0 Å². The molecule has 1 aromatic heterocycles. The molecule has 1 N–H and O–H groups in total. The molecular formula is C12H18N2OS. The zero-order valence-corrected chi connectivity index (χ0v) is 10.7. The molecule has 0 bridgehead atoms. The van der Waals surface area contributed by atoms with Crippen LogP contribution < -0.4 is 5.32 Å². The predicted octanol–water partition coefficient (Wildman–Crippen LogP) is 2.01. The summed E-state index contributed by atoms with van der Waals surface area (Å²) in [5.74, 6) is 0.299. The van der Waals surface area contributed by atoms with Crippen molar-refractivity contribution in [1.82, 2.24) is 10.3 Å². The minimum atomic E-state index is 0.0678. The fourth-order valence-corrected chi connectivity index (χ4v) is 2.96.